The average Bonchev–Trinajstić information content (AvgIpc) is 3.36. The fourth-order valence-electron chi connectivity index (χ4n) is 4.98. The number of rotatable bonds is 13. The van der Waals surface area contributed by atoms with Crippen molar-refractivity contribution in [1.82, 2.24) is 19.4 Å². The molecule has 0 aliphatic carbocycles. The Balaban J connectivity index is 1.47. The number of hydrogen-bond acceptors (Lipinski definition) is 8. The normalized spacial score (nSPS) is 17.6. The van der Waals surface area contributed by atoms with Crippen LogP contribution >= 0.6 is 0 Å². The van der Waals surface area contributed by atoms with E-state index >= 15 is 0 Å². The first-order chi connectivity index (χ1) is 20.2. The minimum Gasteiger partial charge on any atom is -0.493 e. The Labute approximate surface area is 244 Å². The molecule has 0 saturated carbocycles. The van der Waals surface area contributed by atoms with Gasteiger partial charge in [0.1, 0.15) is 37.0 Å². The van der Waals surface area contributed by atoms with E-state index in [1.165, 1.54) is 18.1 Å². The van der Waals surface area contributed by atoms with Crippen molar-refractivity contribution in [1.29, 1.82) is 0 Å². The molecule has 228 valence electrons. The maximum absolute atomic E-state index is 13.7. The zero-order valence-corrected chi connectivity index (χ0v) is 24.2. The molecular formula is C30H38F2N4O6. The molecule has 4 rings (SSSR count). The molecule has 1 unspecified atom stereocenters. The van der Waals surface area contributed by atoms with Gasteiger partial charge in [-0.25, -0.2) is 13.8 Å². The minimum absolute atomic E-state index is 0.0135. The van der Waals surface area contributed by atoms with E-state index in [0.29, 0.717) is 44.3 Å². The molecule has 10 nitrogen and oxygen atoms in total. The van der Waals surface area contributed by atoms with E-state index in [1.807, 2.05) is 33.9 Å². The van der Waals surface area contributed by atoms with E-state index in [1.54, 1.807) is 13.3 Å². The maximum atomic E-state index is 13.7. The lowest BCUT2D eigenvalue weighted by molar-refractivity contribution is -0.138. The summed E-state index contributed by atoms with van der Waals surface area (Å²) in [4.78, 5) is 20.6. The number of β-amino-alcohol motifs (C(OH)–C–C–N with tert-alkyl or cyclic N) is 1. The van der Waals surface area contributed by atoms with Crippen LogP contribution in [0, 0.1) is 11.6 Å². The number of aromatic nitrogens is 2. The zero-order chi connectivity index (χ0) is 30.1. The molecule has 3 aromatic rings. The van der Waals surface area contributed by atoms with Crippen molar-refractivity contribution in [2.45, 2.75) is 32.0 Å². The van der Waals surface area contributed by atoms with Gasteiger partial charge in [0.25, 0.3) is 0 Å². The van der Waals surface area contributed by atoms with E-state index in [4.69, 9.17) is 18.9 Å². The fourth-order valence-corrected chi connectivity index (χ4v) is 4.98. The third kappa shape index (κ3) is 8.17. The van der Waals surface area contributed by atoms with Gasteiger partial charge in [-0.2, -0.15) is 0 Å². The highest BCUT2D eigenvalue weighted by atomic mass is 19.2. The van der Waals surface area contributed by atoms with Gasteiger partial charge in [0.15, 0.2) is 23.1 Å². The maximum Gasteiger partial charge on any atom is 0.248 e. The van der Waals surface area contributed by atoms with Gasteiger partial charge in [-0.3, -0.25) is 9.69 Å². The highest BCUT2D eigenvalue weighted by Crippen LogP contribution is 2.29. The van der Waals surface area contributed by atoms with E-state index in [0.717, 1.165) is 29.9 Å². The molecule has 1 atom stereocenters. The van der Waals surface area contributed by atoms with E-state index < -0.39 is 17.2 Å². The van der Waals surface area contributed by atoms with Crippen molar-refractivity contribution in [2.24, 2.45) is 0 Å². The summed E-state index contributed by atoms with van der Waals surface area (Å²) in [6.07, 6.45) is 4.52. The van der Waals surface area contributed by atoms with Crippen LogP contribution in [0.15, 0.2) is 48.8 Å². The number of aryl methyl sites for hydroxylation is 1. The minimum atomic E-state index is -1.50. The number of benzene rings is 2. The summed E-state index contributed by atoms with van der Waals surface area (Å²) < 4.78 is 51.4. The van der Waals surface area contributed by atoms with E-state index in [9.17, 15) is 18.7 Å². The third-order valence-electron chi connectivity index (χ3n) is 7.05. The molecule has 42 heavy (non-hydrogen) atoms. The molecule has 1 saturated heterocycles. The Morgan fingerprint density at radius 1 is 1.05 bits per heavy atom. The summed E-state index contributed by atoms with van der Waals surface area (Å²) in [6, 6.07) is 8.85. The topological polar surface area (TPSA) is 98.5 Å². The molecule has 0 bridgehead atoms. The van der Waals surface area contributed by atoms with Gasteiger partial charge in [0.05, 0.1) is 20.2 Å². The molecule has 0 spiro atoms. The largest absolute Gasteiger partial charge is 0.493 e. The highest BCUT2D eigenvalue weighted by Gasteiger charge is 2.37. The lowest BCUT2D eigenvalue weighted by Gasteiger charge is -2.33. The van der Waals surface area contributed by atoms with Crippen LogP contribution in [-0.2, 0) is 29.0 Å². The van der Waals surface area contributed by atoms with Gasteiger partial charge >= 0.3 is 0 Å². The summed E-state index contributed by atoms with van der Waals surface area (Å²) >= 11 is 0. The number of imidazole rings is 1. The van der Waals surface area contributed by atoms with Crippen LogP contribution in [0.2, 0.25) is 0 Å². The number of ether oxygens (including phenoxy) is 4. The third-order valence-corrected chi connectivity index (χ3v) is 7.05. The standard InChI is InChI=1S/C30H38F2N4O6/c1-4-28-33-9-10-35(28)13-14-41-27-15-22(5-8-26(27)40-3)17-34-11-12-36(29(37)18-39-2)20-30(38,19-34)21-42-23-6-7-24(31)25(32)16-23/h5-10,15-16,38H,4,11-14,17-21H2,1-3H3. The van der Waals surface area contributed by atoms with Crippen molar-refractivity contribution in [3.8, 4) is 17.2 Å². The highest BCUT2D eigenvalue weighted by molar-refractivity contribution is 5.77. The summed E-state index contributed by atoms with van der Waals surface area (Å²) in [7, 11) is 3.02. The fraction of sp³-hybridized carbons (Fsp3) is 0.467. The van der Waals surface area contributed by atoms with Crippen LogP contribution in [0.1, 0.15) is 18.3 Å². The zero-order valence-electron chi connectivity index (χ0n) is 24.2. The van der Waals surface area contributed by atoms with Gasteiger partial charge in [-0.15, -0.1) is 0 Å². The number of nitrogens with zero attached hydrogens (tertiary/aromatic N) is 4. The SMILES string of the molecule is CCc1nccn1CCOc1cc(CN2CCN(C(=O)COC)CC(O)(COc3ccc(F)c(F)c3)C2)ccc1OC. The van der Waals surface area contributed by atoms with Crippen LogP contribution in [-0.4, -0.2) is 96.2 Å². The van der Waals surface area contributed by atoms with Crippen molar-refractivity contribution >= 4 is 5.91 Å². The van der Waals surface area contributed by atoms with Crippen LogP contribution < -0.4 is 14.2 Å². The van der Waals surface area contributed by atoms with Crippen LogP contribution in [0.4, 0.5) is 8.78 Å². The van der Waals surface area contributed by atoms with Gasteiger partial charge in [0.2, 0.25) is 5.91 Å². The van der Waals surface area contributed by atoms with Crippen molar-refractivity contribution in [3.63, 3.8) is 0 Å². The Hall–Kier alpha value is -3.74. The molecule has 1 fully saturated rings. The molecule has 1 aliphatic rings. The molecule has 1 aromatic heterocycles. The molecule has 2 aromatic carbocycles. The van der Waals surface area contributed by atoms with E-state index in [-0.39, 0.29) is 38.0 Å². The monoisotopic (exact) mass is 588 g/mol. The molecule has 0 radical (unpaired) electrons. The lowest BCUT2D eigenvalue weighted by atomic mass is 10.0. The smallest absolute Gasteiger partial charge is 0.248 e. The Morgan fingerprint density at radius 2 is 1.88 bits per heavy atom. The quantitative estimate of drug-likeness (QED) is 0.326. The number of halogens is 2. The number of aliphatic hydroxyl groups is 1. The predicted molar refractivity (Wildman–Crippen MR) is 151 cm³/mol. The Kier molecular flexibility index (Phi) is 10.7. The molecule has 1 amide bonds. The van der Waals surface area contributed by atoms with Gasteiger partial charge in [-0.05, 0) is 29.8 Å². The number of carbonyl (C=O) groups is 1. The average molecular weight is 589 g/mol. The molecule has 1 aliphatic heterocycles. The predicted octanol–water partition coefficient (Wildman–Crippen LogP) is 2.91. The summed E-state index contributed by atoms with van der Waals surface area (Å²) in [5.74, 6) is -0.0536. The van der Waals surface area contributed by atoms with Crippen LogP contribution in [0.5, 0.6) is 17.2 Å². The second-order valence-corrected chi connectivity index (χ2v) is 10.3. The second-order valence-electron chi connectivity index (χ2n) is 10.3. The number of amides is 1. The second kappa shape index (κ2) is 14.4. The van der Waals surface area contributed by atoms with Crippen molar-refractivity contribution in [2.75, 3.05) is 60.2 Å². The first kappa shape index (κ1) is 31.2. The molecule has 1 N–H and O–H groups in total. The van der Waals surface area contributed by atoms with Gasteiger partial charge in [-0.1, -0.05) is 13.0 Å². The number of carbonyl (C=O) groups excluding carboxylic acids is 1. The van der Waals surface area contributed by atoms with Crippen LogP contribution in [0.3, 0.4) is 0 Å². The number of hydrogen-bond donors (Lipinski definition) is 1. The Morgan fingerprint density at radius 3 is 2.62 bits per heavy atom. The summed E-state index contributed by atoms with van der Waals surface area (Å²) in [5, 5.41) is 11.6. The molecule has 12 heteroatoms. The van der Waals surface area contributed by atoms with Gasteiger partial charge < -0.3 is 33.5 Å². The Bertz CT molecular complexity index is 1340. The van der Waals surface area contributed by atoms with Crippen molar-refractivity contribution in [3.05, 3.63) is 71.8 Å². The molecule has 2 heterocycles. The first-order valence-electron chi connectivity index (χ1n) is 13.8. The lowest BCUT2D eigenvalue weighted by Crippen LogP contribution is -2.52. The van der Waals surface area contributed by atoms with Gasteiger partial charge in [0, 0.05) is 58.2 Å². The molecular weight excluding hydrogens is 550 g/mol. The number of methoxy groups -OCH3 is 2. The summed E-state index contributed by atoms with van der Waals surface area (Å²) in [6.45, 7) is 4.18. The first-order valence-corrected chi connectivity index (χ1v) is 13.8. The summed E-state index contributed by atoms with van der Waals surface area (Å²) in [5.41, 5.74) is -0.582. The van der Waals surface area contributed by atoms with Crippen LogP contribution in [0.25, 0.3) is 0 Å². The van der Waals surface area contributed by atoms with Crippen molar-refractivity contribution < 1.29 is 37.6 Å². The van der Waals surface area contributed by atoms with E-state index in [2.05, 4.69) is 11.9 Å².